The van der Waals surface area contributed by atoms with E-state index >= 15 is 0 Å². The Labute approximate surface area is 128 Å². The van der Waals surface area contributed by atoms with Crippen LogP contribution in [-0.4, -0.2) is 29.0 Å². The molecule has 3 rings (SSSR count). The van der Waals surface area contributed by atoms with E-state index < -0.39 is 0 Å². The van der Waals surface area contributed by atoms with Gasteiger partial charge in [-0.1, -0.05) is 6.07 Å². The molecule has 0 spiro atoms. The first-order valence-corrected chi connectivity index (χ1v) is 6.98. The molecule has 2 aromatic rings. The van der Waals surface area contributed by atoms with Crippen molar-refractivity contribution in [2.24, 2.45) is 0 Å². The lowest BCUT2D eigenvalue weighted by atomic mass is 10.0. The summed E-state index contributed by atoms with van der Waals surface area (Å²) >= 11 is 0. The fraction of sp³-hybridized carbons (Fsp3) is 0.267. The predicted octanol–water partition coefficient (Wildman–Crippen LogP) is 1.03. The minimum absolute atomic E-state index is 0.0680. The highest BCUT2D eigenvalue weighted by atomic mass is 16.5. The fourth-order valence-corrected chi connectivity index (χ4v) is 2.33. The van der Waals surface area contributed by atoms with Crippen LogP contribution >= 0.6 is 0 Å². The highest BCUT2D eigenvalue weighted by Crippen LogP contribution is 2.22. The van der Waals surface area contributed by atoms with Crippen molar-refractivity contribution in [2.75, 3.05) is 12.4 Å². The molecule has 1 aliphatic heterocycles. The van der Waals surface area contributed by atoms with Gasteiger partial charge in [-0.25, -0.2) is 15.8 Å². The van der Waals surface area contributed by atoms with Gasteiger partial charge in [-0.3, -0.25) is 9.78 Å². The van der Waals surface area contributed by atoms with E-state index in [0.717, 1.165) is 5.56 Å². The van der Waals surface area contributed by atoms with Crippen LogP contribution in [0.3, 0.4) is 0 Å². The van der Waals surface area contributed by atoms with Gasteiger partial charge in [0.1, 0.15) is 6.04 Å². The summed E-state index contributed by atoms with van der Waals surface area (Å²) < 4.78 is 4.98. The molecular weight excluding hydrogens is 282 g/mol. The van der Waals surface area contributed by atoms with E-state index in [-0.39, 0.29) is 18.0 Å². The number of carbonyl (C=O) groups excluding carboxylic acids is 1. The normalized spacial score (nSPS) is 20.6. The molecule has 0 aromatic carbocycles. The minimum atomic E-state index is -0.313. The summed E-state index contributed by atoms with van der Waals surface area (Å²) in [4.78, 5) is 20.4. The number of hydrogen-bond donors (Lipinski definition) is 3. The standard InChI is InChI=1S/C15H17N5O2/c1-22-14-5-4-11(9-17-14)18-15(21)13-7-12(19-20-13)10-3-2-6-16-8-10/h2-6,8-9,12-13,19-20H,7H2,1H3,(H,18,21). The number of nitrogens with zero attached hydrogens (tertiary/aromatic N) is 2. The Hall–Kier alpha value is -2.51. The molecule has 0 bridgehead atoms. The Kier molecular flexibility index (Phi) is 4.27. The number of nitrogens with one attached hydrogen (secondary N) is 3. The number of rotatable bonds is 4. The van der Waals surface area contributed by atoms with Crippen molar-refractivity contribution in [1.82, 2.24) is 20.8 Å². The van der Waals surface area contributed by atoms with E-state index in [1.165, 1.54) is 0 Å². The summed E-state index contributed by atoms with van der Waals surface area (Å²) in [5.74, 6) is 0.404. The van der Waals surface area contributed by atoms with Crippen LogP contribution < -0.4 is 20.9 Å². The zero-order chi connectivity index (χ0) is 15.4. The monoisotopic (exact) mass is 299 g/mol. The quantitative estimate of drug-likeness (QED) is 0.781. The minimum Gasteiger partial charge on any atom is -0.481 e. The molecule has 7 heteroatoms. The Morgan fingerprint density at radius 2 is 2.23 bits per heavy atom. The Morgan fingerprint density at radius 3 is 2.91 bits per heavy atom. The van der Waals surface area contributed by atoms with Crippen molar-refractivity contribution < 1.29 is 9.53 Å². The molecule has 2 unspecified atom stereocenters. The predicted molar refractivity (Wildman–Crippen MR) is 81.1 cm³/mol. The maximum Gasteiger partial charge on any atom is 0.242 e. The molecule has 0 aliphatic carbocycles. The summed E-state index contributed by atoms with van der Waals surface area (Å²) in [6.07, 6.45) is 5.75. The van der Waals surface area contributed by atoms with Crippen molar-refractivity contribution >= 4 is 11.6 Å². The van der Waals surface area contributed by atoms with E-state index in [4.69, 9.17) is 4.74 Å². The van der Waals surface area contributed by atoms with Crippen LogP contribution in [0.5, 0.6) is 5.88 Å². The van der Waals surface area contributed by atoms with Crippen LogP contribution in [0.1, 0.15) is 18.0 Å². The van der Waals surface area contributed by atoms with Crippen molar-refractivity contribution in [1.29, 1.82) is 0 Å². The van der Waals surface area contributed by atoms with E-state index in [1.54, 1.807) is 37.8 Å². The Morgan fingerprint density at radius 1 is 1.32 bits per heavy atom. The van der Waals surface area contributed by atoms with Gasteiger partial charge in [0, 0.05) is 24.5 Å². The zero-order valence-electron chi connectivity index (χ0n) is 12.1. The first-order chi connectivity index (χ1) is 10.8. The molecule has 114 valence electrons. The third kappa shape index (κ3) is 3.21. The first kappa shape index (κ1) is 14.4. The van der Waals surface area contributed by atoms with Crippen molar-refractivity contribution in [3.8, 4) is 5.88 Å². The van der Waals surface area contributed by atoms with Gasteiger partial charge in [0.2, 0.25) is 11.8 Å². The highest BCUT2D eigenvalue weighted by Gasteiger charge is 2.30. The van der Waals surface area contributed by atoms with Gasteiger partial charge < -0.3 is 10.1 Å². The van der Waals surface area contributed by atoms with Gasteiger partial charge in [0.25, 0.3) is 0 Å². The number of hydrogen-bond acceptors (Lipinski definition) is 6. The van der Waals surface area contributed by atoms with Crippen molar-refractivity contribution in [3.05, 3.63) is 48.4 Å². The van der Waals surface area contributed by atoms with Gasteiger partial charge in [-0.2, -0.15) is 0 Å². The van der Waals surface area contributed by atoms with Crippen molar-refractivity contribution in [3.63, 3.8) is 0 Å². The Balaban J connectivity index is 1.59. The number of hydrazine groups is 1. The second-order valence-electron chi connectivity index (χ2n) is 4.99. The van der Waals surface area contributed by atoms with E-state index in [9.17, 15) is 4.79 Å². The van der Waals surface area contributed by atoms with E-state index in [0.29, 0.717) is 18.0 Å². The number of anilines is 1. The summed E-state index contributed by atoms with van der Waals surface area (Å²) in [6, 6.07) is 7.08. The lowest BCUT2D eigenvalue weighted by Gasteiger charge is -2.10. The second kappa shape index (κ2) is 6.50. The molecule has 1 aliphatic rings. The SMILES string of the molecule is COc1ccc(NC(=O)C2CC(c3cccnc3)NN2)cn1. The van der Waals surface area contributed by atoms with Gasteiger partial charge in [0.15, 0.2) is 0 Å². The van der Waals surface area contributed by atoms with Crippen molar-refractivity contribution in [2.45, 2.75) is 18.5 Å². The van der Waals surface area contributed by atoms with Crippen LogP contribution in [0.15, 0.2) is 42.9 Å². The molecular formula is C15H17N5O2. The fourth-order valence-electron chi connectivity index (χ4n) is 2.33. The third-order valence-electron chi connectivity index (χ3n) is 3.52. The zero-order valence-corrected chi connectivity index (χ0v) is 12.1. The number of ether oxygens (including phenoxy) is 1. The first-order valence-electron chi connectivity index (χ1n) is 6.98. The molecule has 1 saturated heterocycles. The molecule has 1 amide bonds. The number of amides is 1. The van der Waals surface area contributed by atoms with Gasteiger partial charge in [-0.15, -0.1) is 0 Å². The summed E-state index contributed by atoms with van der Waals surface area (Å²) in [7, 11) is 1.55. The maximum atomic E-state index is 12.3. The maximum absolute atomic E-state index is 12.3. The molecule has 3 heterocycles. The van der Waals surface area contributed by atoms with Crippen LogP contribution in [0.2, 0.25) is 0 Å². The van der Waals surface area contributed by atoms with Gasteiger partial charge in [0.05, 0.1) is 19.0 Å². The third-order valence-corrected chi connectivity index (χ3v) is 3.52. The molecule has 2 aromatic heterocycles. The van der Waals surface area contributed by atoms with Crippen LogP contribution in [0, 0.1) is 0 Å². The molecule has 22 heavy (non-hydrogen) atoms. The second-order valence-corrected chi connectivity index (χ2v) is 4.99. The molecule has 0 saturated carbocycles. The van der Waals surface area contributed by atoms with Crippen LogP contribution in [0.4, 0.5) is 5.69 Å². The number of carbonyl (C=O) groups is 1. The lowest BCUT2D eigenvalue weighted by Crippen LogP contribution is -2.39. The smallest absolute Gasteiger partial charge is 0.242 e. The van der Waals surface area contributed by atoms with Gasteiger partial charge in [-0.05, 0) is 24.1 Å². The molecule has 3 N–H and O–H groups in total. The lowest BCUT2D eigenvalue weighted by molar-refractivity contribution is -0.117. The molecule has 2 atom stereocenters. The Bertz CT molecular complexity index is 632. The number of aromatic nitrogens is 2. The highest BCUT2D eigenvalue weighted by molar-refractivity contribution is 5.94. The summed E-state index contributed by atoms with van der Waals surface area (Å²) in [6.45, 7) is 0. The largest absolute Gasteiger partial charge is 0.481 e. The van der Waals surface area contributed by atoms with Crippen LogP contribution in [-0.2, 0) is 4.79 Å². The molecule has 0 radical (unpaired) electrons. The number of methoxy groups -OCH3 is 1. The average Bonchev–Trinajstić information content (AvgIpc) is 3.06. The topological polar surface area (TPSA) is 88.2 Å². The van der Waals surface area contributed by atoms with E-state index in [2.05, 4.69) is 26.1 Å². The summed E-state index contributed by atoms with van der Waals surface area (Å²) in [5.41, 5.74) is 7.82. The van der Waals surface area contributed by atoms with Gasteiger partial charge >= 0.3 is 0 Å². The average molecular weight is 299 g/mol. The summed E-state index contributed by atoms with van der Waals surface area (Å²) in [5, 5.41) is 2.83. The molecule has 1 fully saturated rings. The number of pyridine rings is 2. The molecule has 7 nitrogen and oxygen atoms in total. The van der Waals surface area contributed by atoms with Crippen LogP contribution in [0.25, 0.3) is 0 Å². The van der Waals surface area contributed by atoms with E-state index in [1.807, 2.05) is 12.1 Å².